The van der Waals surface area contributed by atoms with Crippen molar-refractivity contribution in [1.29, 1.82) is 0 Å². The molecule has 3 N–H and O–H groups in total. The molecule has 0 fully saturated rings. The van der Waals surface area contributed by atoms with Gasteiger partial charge in [-0.2, -0.15) is 0 Å². The van der Waals surface area contributed by atoms with Gasteiger partial charge in [-0.25, -0.2) is 13.6 Å². The number of benzene rings is 3. The molecule has 0 saturated carbocycles. The third-order valence-corrected chi connectivity index (χ3v) is 6.25. The predicted octanol–water partition coefficient (Wildman–Crippen LogP) is 5.59. The van der Waals surface area contributed by atoms with Crippen LogP contribution < -0.4 is 15.2 Å². The molecule has 0 aliphatic rings. The molecule has 0 saturated heterocycles. The number of hydrogen-bond donors (Lipinski definition) is 2. The van der Waals surface area contributed by atoms with E-state index in [9.17, 15) is 8.42 Å². The first kappa shape index (κ1) is 21.9. The molecular formula is C20H17BrCl2N2O3S. The monoisotopic (exact) mass is 514 g/mol. The van der Waals surface area contributed by atoms with E-state index < -0.39 is 10.0 Å². The molecule has 0 heterocycles. The van der Waals surface area contributed by atoms with Gasteiger partial charge in [-0.05, 0) is 54.6 Å². The summed E-state index contributed by atoms with van der Waals surface area (Å²) in [6, 6.07) is 17.2. The van der Waals surface area contributed by atoms with Crippen LogP contribution in [-0.2, 0) is 23.2 Å². The molecule has 152 valence electrons. The Hall–Kier alpha value is -1.77. The Balaban J connectivity index is 1.73. The van der Waals surface area contributed by atoms with Crippen molar-refractivity contribution in [2.45, 2.75) is 18.0 Å². The number of hydrogen-bond acceptors (Lipinski definition) is 4. The second-order valence-electron chi connectivity index (χ2n) is 6.16. The Labute approximate surface area is 188 Å². The Morgan fingerprint density at radius 3 is 2.28 bits per heavy atom. The van der Waals surface area contributed by atoms with E-state index in [4.69, 9.17) is 33.1 Å². The van der Waals surface area contributed by atoms with Crippen LogP contribution in [0.4, 0.5) is 5.69 Å². The van der Waals surface area contributed by atoms with Crippen molar-refractivity contribution in [2.75, 3.05) is 5.32 Å². The van der Waals surface area contributed by atoms with Gasteiger partial charge in [0.2, 0.25) is 10.0 Å². The van der Waals surface area contributed by atoms with Crippen molar-refractivity contribution in [3.63, 3.8) is 0 Å². The number of nitrogens with one attached hydrogen (secondary N) is 1. The third-order valence-electron chi connectivity index (χ3n) is 4.12. The minimum Gasteiger partial charge on any atom is -0.488 e. The van der Waals surface area contributed by atoms with Gasteiger partial charge in [0.25, 0.3) is 0 Å². The van der Waals surface area contributed by atoms with Gasteiger partial charge in [0.15, 0.2) is 0 Å². The van der Waals surface area contributed by atoms with Gasteiger partial charge >= 0.3 is 0 Å². The zero-order chi connectivity index (χ0) is 21.0. The van der Waals surface area contributed by atoms with Crippen LogP contribution in [0.1, 0.15) is 11.1 Å². The maximum atomic E-state index is 11.4. The van der Waals surface area contributed by atoms with Crippen LogP contribution in [0, 0.1) is 0 Å². The van der Waals surface area contributed by atoms with Gasteiger partial charge in [-0.1, -0.05) is 45.2 Å². The number of rotatable bonds is 7. The molecule has 0 amide bonds. The molecule has 0 atom stereocenters. The van der Waals surface area contributed by atoms with Crippen molar-refractivity contribution in [2.24, 2.45) is 5.14 Å². The number of halogens is 3. The molecule has 3 rings (SSSR count). The summed E-state index contributed by atoms with van der Waals surface area (Å²) in [7, 11) is -3.72. The van der Waals surface area contributed by atoms with Crippen LogP contribution in [0.15, 0.2) is 70.0 Å². The van der Waals surface area contributed by atoms with Crippen LogP contribution >= 0.6 is 39.1 Å². The molecule has 0 aliphatic heterocycles. The van der Waals surface area contributed by atoms with Crippen molar-refractivity contribution in [3.05, 3.63) is 86.3 Å². The summed E-state index contributed by atoms with van der Waals surface area (Å²) in [5.74, 6) is 0.679. The van der Waals surface area contributed by atoms with E-state index in [1.54, 1.807) is 30.3 Å². The summed E-state index contributed by atoms with van der Waals surface area (Å²) in [6.07, 6.45) is 0. The van der Waals surface area contributed by atoms with Gasteiger partial charge in [-0.3, -0.25) is 0 Å². The molecule has 0 radical (unpaired) electrons. The zero-order valence-electron chi connectivity index (χ0n) is 15.0. The second kappa shape index (κ2) is 9.36. The van der Waals surface area contributed by atoms with Gasteiger partial charge < -0.3 is 10.1 Å². The molecule has 0 spiro atoms. The standard InChI is InChI=1S/C20H17BrCl2N2O3S/c21-14-4-9-20(28-12-17-18(22)2-1-3-19(17)23)13(10-14)11-25-15-5-7-16(8-6-15)29(24,26)27/h1-10,25H,11-12H2,(H2,24,26,27). The smallest absolute Gasteiger partial charge is 0.238 e. The van der Waals surface area contributed by atoms with Crippen molar-refractivity contribution in [3.8, 4) is 5.75 Å². The highest BCUT2D eigenvalue weighted by molar-refractivity contribution is 9.10. The first-order valence-corrected chi connectivity index (χ1v) is 11.5. The van der Waals surface area contributed by atoms with E-state index in [0.29, 0.717) is 22.3 Å². The lowest BCUT2D eigenvalue weighted by molar-refractivity contribution is 0.303. The number of sulfonamides is 1. The van der Waals surface area contributed by atoms with E-state index in [1.165, 1.54) is 12.1 Å². The van der Waals surface area contributed by atoms with Crippen LogP contribution in [0.2, 0.25) is 10.0 Å². The number of anilines is 1. The average molecular weight is 516 g/mol. The minimum atomic E-state index is -3.72. The van der Waals surface area contributed by atoms with Gasteiger partial charge in [0, 0.05) is 37.9 Å². The third kappa shape index (κ3) is 5.87. The predicted molar refractivity (Wildman–Crippen MR) is 120 cm³/mol. The van der Waals surface area contributed by atoms with Crippen LogP contribution in [0.3, 0.4) is 0 Å². The highest BCUT2D eigenvalue weighted by atomic mass is 79.9. The number of ether oxygens (including phenoxy) is 1. The van der Waals surface area contributed by atoms with E-state index in [2.05, 4.69) is 21.2 Å². The molecule has 9 heteroatoms. The lowest BCUT2D eigenvalue weighted by atomic mass is 10.2. The first-order chi connectivity index (χ1) is 13.7. The Bertz CT molecular complexity index is 1100. The lowest BCUT2D eigenvalue weighted by Gasteiger charge is -2.15. The fraction of sp³-hybridized carbons (Fsp3) is 0.100. The first-order valence-electron chi connectivity index (χ1n) is 8.45. The fourth-order valence-corrected chi connectivity index (χ4v) is 4.04. The summed E-state index contributed by atoms with van der Waals surface area (Å²) >= 11 is 15.9. The van der Waals surface area contributed by atoms with Crippen molar-refractivity contribution >= 4 is 54.8 Å². The van der Waals surface area contributed by atoms with Crippen LogP contribution in [-0.4, -0.2) is 8.42 Å². The maximum Gasteiger partial charge on any atom is 0.238 e. The summed E-state index contributed by atoms with van der Waals surface area (Å²) in [4.78, 5) is 0.0612. The van der Waals surface area contributed by atoms with E-state index in [1.807, 2.05) is 18.2 Å². The van der Waals surface area contributed by atoms with Crippen molar-refractivity contribution in [1.82, 2.24) is 0 Å². The molecule has 0 aromatic heterocycles. The Kier molecular flexibility index (Phi) is 7.08. The van der Waals surface area contributed by atoms with Gasteiger partial charge in [0.1, 0.15) is 12.4 Å². The second-order valence-corrected chi connectivity index (χ2v) is 9.46. The summed E-state index contributed by atoms with van der Waals surface area (Å²) in [5, 5.41) is 9.45. The molecule has 0 bridgehead atoms. The molecule has 0 unspecified atom stereocenters. The van der Waals surface area contributed by atoms with E-state index in [0.717, 1.165) is 21.3 Å². The molecule has 3 aromatic carbocycles. The fourth-order valence-electron chi connectivity index (χ4n) is 2.61. The molecule has 3 aromatic rings. The largest absolute Gasteiger partial charge is 0.488 e. The maximum absolute atomic E-state index is 11.4. The Morgan fingerprint density at radius 2 is 1.66 bits per heavy atom. The SMILES string of the molecule is NS(=O)(=O)c1ccc(NCc2cc(Br)ccc2OCc2c(Cl)cccc2Cl)cc1. The average Bonchev–Trinajstić information content (AvgIpc) is 2.67. The highest BCUT2D eigenvalue weighted by Crippen LogP contribution is 2.29. The quantitative estimate of drug-likeness (QED) is 0.429. The van der Waals surface area contributed by atoms with E-state index >= 15 is 0 Å². The summed E-state index contributed by atoms with van der Waals surface area (Å²) in [5.41, 5.74) is 2.37. The van der Waals surface area contributed by atoms with E-state index in [-0.39, 0.29) is 11.5 Å². The summed E-state index contributed by atoms with van der Waals surface area (Å²) in [6.45, 7) is 0.690. The summed E-state index contributed by atoms with van der Waals surface area (Å²) < 4.78 is 29.6. The minimum absolute atomic E-state index is 0.0612. The molecular weight excluding hydrogens is 499 g/mol. The van der Waals surface area contributed by atoms with Crippen LogP contribution in [0.5, 0.6) is 5.75 Å². The van der Waals surface area contributed by atoms with Gasteiger partial charge in [0.05, 0.1) is 4.90 Å². The van der Waals surface area contributed by atoms with Crippen molar-refractivity contribution < 1.29 is 13.2 Å². The van der Waals surface area contributed by atoms with Crippen LogP contribution in [0.25, 0.3) is 0 Å². The highest BCUT2D eigenvalue weighted by Gasteiger charge is 2.10. The Morgan fingerprint density at radius 1 is 1.00 bits per heavy atom. The number of nitrogens with two attached hydrogens (primary N) is 1. The lowest BCUT2D eigenvalue weighted by Crippen LogP contribution is -2.12. The normalized spacial score (nSPS) is 11.3. The molecule has 5 nitrogen and oxygen atoms in total. The topological polar surface area (TPSA) is 81.4 Å². The number of primary sulfonamides is 1. The molecule has 29 heavy (non-hydrogen) atoms. The zero-order valence-corrected chi connectivity index (χ0v) is 18.9. The van der Waals surface area contributed by atoms with Gasteiger partial charge in [-0.15, -0.1) is 0 Å². The molecule has 0 aliphatic carbocycles.